The molecule has 1 aromatic heterocycles. The second-order valence-electron chi connectivity index (χ2n) is 4.97. The minimum atomic E-state index is -0.201. The molecular formula is C13H21N3O2S. The van der Waals surface area contributed by atoms with Crippen molar-refractivity contribution in [2.24, 2.45) is 5.92 Å². The smallest absolute Gasteiger partial charge is 0.245 e. The minimum Gasteiger partial charge on any atom is -0.334 e. The van der Waals surface area contributed by atoms with E-state index in [1.807, 2.05) is 12.3 Å². The molecule has 106 valence electrons. The van der Waals surface area contributed by atoms with Crippen molar-refractivity contribution < 1.29 is 9.59 Å². The van der Waals surface area contributed by atoms with Crippen LogP contribution in [0.5, 0.6) is 0 Å². The van der Waals surface area contributed by atoms with E-state index in [2.05, 4.69) is 24.1 Å². The molecule has 0 radical (unpaired) electrons. The standard InChI is InChI=1S/C13H21N3O2S/c1-9(2)5-6-16(11(4)17)7-12(18)15-13-14-10(3)8-19-13/h8-9H,5-7H2,1-4H3,(H,14,15,18). The molecule has 0 spiro atoms. The molecule has 0 fully saturated rings. The third-order valence-corrected chi connectivity index (χ3v) is 3.50. The number of amides is 2. The van der Waals surface area contributed by atoms with Gasteiger partial charge in [-0.1, -0.05) is 13.8 Å². The number of aromatic nitrogens is 1. The first kappa shape index (κ1) is 15.6. The van der Waals surface area contributed by atoms with Crippen LogP contribution in [0.1, 0.15) is 32.9 Å². The van der Waals surface area contributed by atoms with Gasteiger partial charge in [0.1, 0.15) is 0 Å². The van der Waals surface area contributed by atoms with Gasteiger partial charge in [-0.3, -0.25) is 9.59 Å². The topological polar surface area (TPSA) is 62.3 Å². The number of nitrogens with zero attached hydrogens (tertiary/aromatic N) is 2. The lowest BCUT2D eigenvalue weighted by Gasteiger charge is -2.21. The van der Waals surface area contributed by atoms with Crippen molar-refractivity contribution >= 4 is 28.3 Å². The minimum absolute atomic E-state index is 0.0777. The molecule has 0 bridgehead atoms. The molecule has 0 atom stereocenters. The van der Waals surface area contributed by atoms with Crippen molar-refractivity contribution in [2.75, 3.05) is 18.4 Å². The number of hydrogen-bond acceptors (Lipinski definition) is 4. The maximum absolute atomic E-state index is 11.8. The Kier molecular flexibility index (Phi) is 5.95. The molecule has 1 N–H and O–H groups in total. The van der Waals surface area contributed by atoms with Crippen molar-refractivity contribution in [3.8, 4) is 0 Å². The van der Waals surface area contributed by atoms with Gasteiger partial charge in [-0.15, -0.1) is 11.3 Å². The highest BCUT2D eigenvalue weighted by atomic mass is 32.1. The zero-order chi connectivity index (χ0) is 14.4. The molecule has 1 rings (SSSR count). The van der Waals surface area contributed by atoms with Crippen molar-refractivity contribution in [3.63, 3.8) is 0 Å². The summed E-state index contributed by atoms with van der Waals surface area (Å²) in [6.07, 6.45) is 0.892. The van der Waals surface area contributed by atoms with Crippen molar-refractivity contribution in [1.82, 2.24) is 9.88 Å². The molecule has 5 nitrogen and oxygen atoms in total. The molecule has 0 aliphatic carbocycles. The van der Waals surface area contributed by atoms with Gasteiger partial charge < -0.3 is 10.2 Å². The zero-order valence-electron chi connectivity index (χ0n) is 11.9. The summed E-state index contributed by atoms with van der Waals surface area (Å²) >= 11 is 1.39. The Morgan fingerprint density at radius 3 is 2.63 bits per heavy atom. The monoisotopic (exact) mass is 283 g/mol. The largest absolute Gasteiger partial charge is 0.334 e. The van der Waals surface area contributed by atoms with Crippen LogP contribution in [0.4, 0.5) is 5.13 Å². The maximum Gasteiger partial charge on any atom is 0.245 e. The highest BCUT2D eigenvalue weighted by Gasteiger charge is 2.14. The van der Waals surface area contributed by atoms with Crippen LogP contribution in [0.25, 0.3) is 0 Å². The summed E-state index contributed by atoms with van der Waals surface area (Å²) in [6.45, 7) is 8.24. The Morgan fingerprint density at radius 1 is 1.47 bits per heavy atom. The maximum atomic E-state index is 11.8. The molecule has 0 aromatic carbocycles. The van der Waals surface area contributed by atoms with E-state index in [0.29, 0.717) is 17.6 Å². The molecule has 0 aliphatic heterocycles. The number of rotatable bonds is 6. The van der Waals surface area contributed by atoms with E-state index in [1.165, 1.54) is 18.3 Å². The molecule has 0 saturated heterocycles. The summed E-state index contributed by atoms with van der Waals surface area (Å²) < 4.78 is 0. The average molecular weight is 283 g/mol. The van der Waals surface area contributed by atoms with Crippen molar-refractivity contribution in [2.45, 2.75) is 34.1 Å². The Hall–Kier alpha value is -1.43. The molecule has 1 aromatic rings. The summed E-state index contributed by atoms with van der Waals surface area (Å²) in [6, 6.07) is 0. The van der Waals surface area contributed by atoms with Gasteiger partial charge in [0, 0.05) is 18.8 Å². The van der Waals surface area contributed by atoms with Crippen LogP contribution in [0.3, 0.4) is 0 Å². The van der Waals surface area contributed by atoms with E-state index >= 15 is 0 Å². The lowest BCUT2D eigenvalue weighted by molar-refractivity contribution is -0.132. The summed E-state index contributed by atoms with van der Waals surface area (Å²) in [5.74, 6) is 0.228. The first-order valence-electron chi connectivity index (χ1n) is 6.36. The van der Waals surface area contributed by atoms with Crippen LogP contribution in [-0.2, 0) is 9.59 Å². The first-order chi connectivity index (χ1) is 8.88. The molecule has 2 amide bonds. The fraction of sp³-hybridized carbons (Fsp3) is 0.615. The Bertz CT molecular complexity index is 443. The third-order valence-electron chi connectivity index (χ3n) is 2.62. The van der Waals surface area contributed by atoms with Gasteiger partial charge in [-0.05, 0) is 19.3 Å². The van der Waals surface area contributed by atoms with Crippen LogP contribution >= 0.6 is 11.3 Å². The van der Waals surface area contributed by atoms with E-state index in [0.717, 1.165) is 12.1 Å². The van der Waals surface area contributed by atoms with Gasteiger partial charge in [0.25, 0.3) is 0 Å². The molecule has 0 unspecified atom stereocenters. The Balaban J connectivity index is 2.49. The zero-order valence-corrected chi connectivity index (χ0v) is 12.7. The first-order valence-corrected chi connectivity index (χ1v) is 7.24. The average Bonchev–Trinajstić information content (AvgIpc) is 2.69. The summed E-state index contributed by atoms with van der Waals surface area (Å²) in [7, 11) is 0. The second-order valence-corrected chi connectivity index (χ2v) is 5.82. The predicted molar refractivity (Wildman–Crippen MR) is 77.2 cm³/mol. The fourth-order valence-electron chi connectivity index (χ4n) is 1.51. The van der Waals surface area contributed by atoms with Crippen molar-refractivity contribution in [1.29, 1.82) is 0 Å². The van der Waals surface area contributed by atoms with Crippen LogP contribution in [0, 0.1) is 12.8 Å². The van der Waals surface area contributed by atoms with Gasteiger partial charge >= 0.3 is 0 Å². The molecule has 0 aliphatic rings. The summed E-state index contributed by atoms with van der Waals surface area (Å²) in [5.41, 5.74) is 0.878. The van der Waals surface area contributed by atoms with Crippen LogP contribution in [0.15, 0.2) is 5.38 Å². The normalized spacial score (nSPS) is 10.6. The van der Waals surface area contributed by atoms with E-state index in [4.69, 9.17) is 0 Å². The lowest BCUT2D eigenvalue weighted by Crippen LogP contribution is -2.37. The third kappa shape index (κ3) is 5.83. The summed E-state index contributed by atoms with van der Waals surface area (Å²) in [5, 5.41) is 5.16. The van der Waals surface area contributed by atoms with Gasteiger partial charge in [0.15, 0.2) is 5.13 Å². The highest BCUT2D eigenvalue weighted by molar-refractivity contribution is 7.13. The van der Waals surface area contributed by atoms with Gasteiger partial charge in [-0.25, -0.2) is 4.98 Å². The number of thiazole rings is 1. The van der Waals surface area contributed by atoms with Crippen molar-refractivity contribution in [3.05, 3.63) is 11.1 Å². The van der Waals surface area contributed by atoms with Crippen LogP contribution in [0.2, 0.25) is 0 Å². The quantitative estimate of drug-likeness (QED) is 0.871. The van der Waals surface area contributed by atoms with Gasteiger partial charge in [0.05, 0.1) is 12.2 Å². The molecule has 19 heavy (non-hydrogen) atoms. The molecular weight excluding hydrogens is 262 g/mol. The Labute approximate surface area is 118 Å². The lowest BCUT2D eigenvalue weighted by atomic mass is 10.1. The van der Waals surface area contributed by atoms with Crippen LogP contribution < -0.4 is 5.32 Å². The molecule has 1 heterocycles. The SMILES string of the molecule is CC(=O)N(CCC(C)C)CC(=O)Nc1nc(C)cs1. The second kappa shape index (κ2) is 7.23. The number of carbonyl (C=O) groups excluding carboxylic acids is 2. The highest BCUT2D eigenvalue weighted by Crippen LogP contribution is 2.14. The summed E-state index contributed by atoms with van der Waals surface area (Å²) in [4.78, 5) is 29.0. The number of hydrogen-bond donors (Lipinski definition) is 1. The predicted octanol–water partition coefficient (Wildman–Crippen LogP) is 2.28. The van der Waals surface area contributed by atoms with Gasteiger partial charge in [0.2, 0.25) is 11.8 Å². The Morgan fingerprint density at radius 2 is 2.16 bits per heavy atom. The number of anilines is 1. The van der Waals surface area contributed by atoms with Gasteiger partial charge in [-0.2, -0.15) is 0 Å². The van der Waals surface area contributed by atoms with E-state index in [-0.39, 0.29) is 18.4 Å². The van der Waals surface area contributed by atoms with Crippen LogP contribution in [-0.4, -0.2) is 34.8 Å². The van der Waals surface area contributed by atoms with E-state index in [1.54, 1.807) is 4.90 Å². The van der Waals surface area contributed by atoms with E-state index in [9.17, 15) is 9.59 Å². The van der Waals surface area contributed by atoms with E-state index < -0.39 is 0 Å². The molecule has 0 saturated carbocycles. The number of nitrogens with one attached hydrogen (secondary N) is 1. The number of carbonyl (C=O) groups is 2. The number of aryl methyl sites for hydroxylation is 1. The molecule has 6 heteroatoms. The fourth-order valence-corrected chi connectivity index (χ4v) is 2.21.